The van der Waals surface area contributed by atoms with E-state index in [1.54, 1.807) is 13.3 Å². The molecule has 1 unspecified atom stereocenters. The molecule has 5 nitrogen and oxygen atoms in total. The van der Waals surface area contributed by atoms with Crippen LogP contribution < -0.4 is 16.0 Å². The third-order valence-electron chi connectivity index (χ3n) is 3.02. The molecule has 1 aromatic carbocycles. The number of nitrogens with one attached hydrogen (secondary N) is 1. The number of rotatable bonds is 5. The molecule has 1 heterocycles. The second kappa shape index (κ2) is 6.18. The lowest BCUT2D eigenvalue weighted by molar-refractivity contribution is 0.401. The molecule has 0 aliphatic heterocycles. The topological polar surface area (TPSA) is 65.1 Å². The first kappa shape index (κ1) is 14.0. The molecular formula is C13H17BrN4O. The molecular weight excluding hydrogens is 308 g/mol. The summed E-state index contributed by atoms with van der Waals surface area (Å²) in [6, 6.07) is 7.67. The van der Waals surface area contributed by atoms with Crippen molar-refractivity contribution in [2.45, 2.75) is 19.5 Å². The molecule has 2 aromatic rings. The molecule has 0 spiro atoms. The summed E-state index contributed by atoms with van der Waals surface area (Å²) >= 11 is 3.44. The summed E-state index contributed by atoms with van der Waals surface area (Å²) in [4.78, 5) is 0. The fourth-order valence-electron chi connectivity index (χ4n) is 2.11. The molecule has 0 saturated heterocycles. The summed E-state index contributed by atoms with van der Waals surface area (Å²) in [7, 11) is 1.65. The highest BCUT2D eigenvalue weighted by molar-refractivity contribution is 9.10. The van der Waals surface area contributed by atoms with Crippen LogP contribution in [0.1, 0.15) is 24.2 Å². The van der Waals surface area contributed by atoms with Crippen LogP contribution in [-0.2, 0) is 6.54 Å². The molecule has 0 saturated carbocycles. The number of hydrogen-bond acceptors (Lipinski definition) is 4. The molecule has 102 valence electrons. The minimum absolute atomic E-state index is 0.162. The molecule has 0 amide bonds. The Morgan fingerprint density at radius 1 is 1.47 bits per heavy atom. The Bertz CT molecular complexity index is 555. The van der Waals surface area contributed by atoms with Crippen molar-refractivity contribution in [3.63, 3.8) is 0 Å². The maximum absolute atomic E-state index is 5.72. The highest BCUT2D eigenvalue weighted by Gasteiger charge is 2.20. The Labute approximate surface area is 120 Å². The normalized spacial score (nSPS) is 12.4. The summed E-state index contributed by atoms with van der Waals surface area (Å²) in [5.41, 5.74) is 4.81. The van der Waals surface area contributed by atoms with Gasteiger partial charge in [0.15, 0.2) is 0 Å². The van der Waals surface area contributed by atoms with Crippen molar-refractivity contribution >= 4 is 15.9 Å². The average Bonchev–Trinajstić information content (AvgIpc) is 2.89. The fraction of sp³-hybridized carbons (Fsp3) is 0.308. The van der Waals surface area contributed by atoms with Crippen LogP contribution in [0.4, 0.5) is 0 Å². The van der Waals surface area contributed by atoms with Crippen molar-refractivity contribution < 1.29 is 4.74 Å². The minimum Gasteiger partial charge on any atom is -0.496 e. The first-order chi connectivity index (χ1) is 9.21. The number of nitrogens with zero attached hydrogens (tertiary/aromatic N) is 2. The standard InChI is InChI=1S/C13H17BrN4O/c1-3-18-11(6-7-16-18)13(17-15)10-5-4-9(14)8-12(10)19-2/h4-8,13,17H,3,15H2,1-2H3. The van der Waals surface area contributed by atoms with Crippen LogP contribution in [0, 0.1) is 0 Å². The molecule has 0 aliphatic rings. The van der Waals surface area contributed by atoms with E-state index < -0.39 is 0 Å². The van der Waals surface area contributed by atoms with Gasteiger partial charge < -0.3 is 4.74 Å². The molecule has 19 heavy (non-hydrogen) atoms. The predicted octanol–water partition coefficient (Wildman–Crippen LogP) is 2.23. The van der Waals surface area contributed by atoms with Gasteiger partial charge in [-0.2, -0.15) is 5.10 Å². The van der Waals surface area contributed by atoms with E-state index in [1.165, 1.54) is 0 Å². The highest BCUT2D eigenvalue weighted by Crippen LogP contribution is 2.31. The molecule has 0 fully saturated rings. The van der Waals surface area contributed by atoms with Gasteiger partial charge in [0.2, 0.25) is 0 Å². The van der Waals surface area contributed by atoms with Gasteiger partial charge >= 0.3 is 0 Å². The van der Waals surface area contributed by atoms with Gasteiger partial charge in [0.1, 0.15) is 5.75 Å². The molecule has 3 N–H and O–H groups in total. The van der Waals surface area contributed by atoms with Crippen LogP contribution in [0.2, 0.25) is 0 Å². The van der Waals surface area contributed by atoms with Gasteiger partial charge in [-0.1, -0.05) is 22.0 Å². The molecule has 0 radical (unpaired) electrons. The third kappa shape index (κ3) is 2.80. The Balaban J connectivity index is 2.48. The average molecular weight is 325 g/mol. The minimum atomic E-state index is -0.162. The van der Waals surface area contributed by atoms with E-state index in [0.29, 0.717) is 0 Å². The molecule has 0 aliphatic carbocycles. The van der Waals surface area contributed by atoms with Gasteiger partial charge in [0.05, 0.1) is 18.8 Å². The van der Waals surface area contributed by atoms with Gasteiger partial charge in [-0.05, 0) is 25.1 Å². The quantitative estimate of drug-likeness (QED) is 0.654. The van der Waals surface area contributed by atoms with E-state index in [1.807, 2.05) is 35.9 Å². The zero-order valence-electron chi connectivity index (χ0n) is 10.9. The summed E-state index contributed by atoms with van der Waals surface area (Å²) < 4.78 is 8.30. The molecule has 0 bridgehead atoms. The number of ether oxygens (including phenoxy) is 1. The van der Waals surface area contributed by atoms with E-state index in [0.717, 1.165) is 28.0 Å². The van der Waals surface area contributed by atoms with E-state index >= 15 is 0 Å². The van der Waals surface area contributed by atoms with Gasteiger partial charge in [0, 0.05) is 22.8 Å². The highest BCUT2D eigenvalue weighted by atomic mass is 79.9. The first-order valence-electron chi connectivity index (χ1n) is 6.02. The number of nitrogens with two attached hydrogens (primary N) is 1. The predicted molar refractivity (Wildman–Crippen MR) is 77.8 cm³/mol. The third-order valence-corrected chi connectivity index (χ3v) is 3.51. The van der Waals surface area contributed by atoms with Crippen molar-refractivity contribution in [3.05, 3.63) is 46.2 Å². The molecule has 6 heteroatoms. The zero-order valence-corrected chi connectivity index (χ0v) is 12.5. The lowest BCUT2D eigenvalue weighted by Gasteiger charge is -2.20. The Kier molecular flexibility index (Phi) is 4.57. The van der Waals surface area contributed by atoms with Gasteiger partial charge in [-0.3, -0.25) is 10.5 Å². The lowest BCUT2D eigenvalue weighted by Crippen LogP contribution is -2.31. The van der Waals surface area contributed by atoms with E-state index in [-0.39, 0.29) is 6.04 Å². The van der Waals surface area contributed by atoms with Gasteiger partial charge in [0.25, 0.3) is 0 Å². The summed E-state index contributed by atoms with van der Waals surface area (Å²) in [5.74, 6) is 6.50. The van der Waals surface area contributed by atoms with Crippen molar-refractivity contribution in [2.75, 3.05) is 7.11 Å². The second-order valence-corrected chi connectivity index (χ2v) is 4.97. The first-order valence-corrected chi connectivity index (χ1v) is 6.81. The van der Waals surface area contributed by atoms with Crippen LogP contribution in [0.3, 0.4) is 0 Å². The van der Waals surface area contributed by atoms with Crippen LogP contribution in [0.25, 0.3) is 0 Å². The van der Waals surface area contributed by atoms with Crippen molar-refractivity contribution in [1.82, 2.24) is 15.2 Å². The fourth-order valence-corrected chi connectivity index (χ4v) is 2.45. The summed E-state index contributed by atoms with van der Waals surface area (Å²) in [6.45, 7) is 2.84. The SMILES string of the molecule is CCn1nccc1C(NN)c1ccc(Br)cc1OC. The van der Waals surface area contributed by atoms with Crippen LogP contribution in [-0.4, -0.2) is 16.9 Å². The number of aryl methyl sites for hydroxylation is 1. The summed E-state index contributed by atoms with van der Waals surface area (Å²) in [5, 5.41) is 4.27. The van der Waals surface area contributed by atoms with E-state index in [2.05, 4.69) is 26.5 Å². The van der Waals surface area contributed by atoms with Crippen LogP contribution in [0.15, 0.2) is 34.9 Å². The van der Waals surface area contributed by atoms with Crippen molar-refractivity contribution in [3.8, 4) is 5.75 Å². The molecule has 1 aromatic heterocycles. The van der Waals surface area contributed by atoms with Gasteiger partial charge in [-0.25, -0.2) is 5.43 Å². The number of halogens is 1. The van der Waals surface area contributed by atoms with Crippen LogP contribution >= 0.6 is 15.9 Å². The summed E-state index contributed by atoms with van der Waals surface area (Å²) in [6.07, 6.45) is 1.77. The zero-order chi connectivity index (χ0) is 13.8. The number of aromatic nitrogens is 2. The smallest absolute Gasteiger partial charge is 0.125 e. The number of hydrogen-bond donors (Lipinski definition) is 2. The van der Waals surface area contributed by atoms with Crippen molar-refractivity contribution in [1.29, 1.82) is 0 Å². The maximum atomic E-state index is 5.72. The molecule has 1 atom stereocenters. The number of hydrazine groups is 1. The Morgan fingerprint density at radius 2 is 2.26 bits per heavy atom. The largest absolute Gasteiger partial charge is 0.496 e. The van der Waals surface area contributed by atoms with Gasteiger partial charge in [-0.15, -0.1) is 0 Å². The van der Waals surface area contributed by atoms with E-state index in [4.69, 9.17) is 10.6 Å². The monoisotopic (exact) mass is 324 g/mol. The molecule has 2 rings (SSSR count). The second-order valence-electron chi connectivity index (χ2n) is 4.06. The Morgan fingerprint density at radius 3 is 2.89 bits per heavy atom. The van der Waals surface area contributed by atoms with Crippen molar-refractivity contribution in [2.24, 2.45) is 5.84 Å². The maximum Gasteiger partial charge on any atom is 0.125 e. The van der Waals surface area contributed by atoms with Crippen LogP contribution in [0.5, 0.6) is 5.75 Å². The number of benzene rings is 1. The lowest BCUT2D eigenvalue weighted by atomic mass is 10.0. The number of methoxy groups -OCH3 is 1. The Hall–Kier alpha value is -1.37. The van der Waals surface area contributed by atoms with E-state index in [9.17, 15) is 0 Å².